The number of nitrogens with zero attached hydrogens (tertiary/aromatic N) is 1. The first-order valence-corrected chi connectivity index (χ1v) is 10.3. The summed E-state index contributed by atoms with van der Waals surface area (Å²) >= 11 is 0. The third kappa shape index (κ3) is 4.35. The van der Waals surface area contributed by atoms with Crippen LogP contribution in [0.5, 0.6) is 0 Å². The van der Waals surface area contributed by atoms with Crippen molar-refractivity contribution in [1.29, 1.82) is 0 Å². The van der Waals surface area contributed by atoms with Gasteiger partial charge in [0.05, 0.1) is 0 Å². The van der Waals surface area contributed by atoms with E-state index in [0.29, 0.717) is 5.92 Å². The van der Waals surface area contributed by atoms with Gasteiger partial charge >= 0.3 is 6.03 Å². The highest BCUT2D eigenvalue weighted by molar-refractivity contribution is 5.74. The van der Waals surface area contributed by atoms with Gasteiger partial charge in [-0.25, -0.2) is 4.79 Å². The zero-order chi connectivity index (χ0) is 18.7. The van der Waals surface area contributed by atoms with E-state index in [4.69, 9.17) is 0 Å². The van der Waals surface area contributed by atoms with Gasteiger partial charge in [0.2, 0.25) is 0 Å². The fourth-order valence-electron chi connectivity index (χ4n) is 4.27. The molecule has 142 valence electrons. The van der Waals surface area contributed by atoms with E-state index in [1.807, 2.05) is 4.90 Å². The van der Waals surface area contributed by atoms with Gasteiger partial charge in [0, 0.05) is 25.0 Å². The molecule has 0 spiro atoms. The van der Waals surface area contributed by atoms with E-state index in [2.05, 4.69) is 66.8 Å². The standard InChI is InChI=1S/C24H30N2O/c1-19-7-9-22(10-8-19)24(13-14-24)18-25-23(27)26-15-11-21(12-16-26)17-20-5-3-2-4-6-20/h2-10,21H,11-18H2,1H3,(H,25,27). The lowest BCUT2D eigenvalue weighted by atomic mass is 9.90. The highest BCUT2D eigenvalue weighted by Gasteiger charge is 2.44. The summed E-state index contributed by atoms with van der Waals surface area (Å²) in [5.74, 6) is 0.693. The molecule has 1 saturated carbocycles. The lowest BCUT2D eigenvalue weighted by Gasteiger charge is -2.32. The van der Waals surface area contributed by atoms with Crippen LogP contribution in [0.4, 0.5) is 4.79 Å². The molecular weight excluding hydrogens is 332 g/mol. The summed E-state index contributed by atoms with van der Waals surface area (Å²) in [5, 5.41) is 3.22. The number of hydrogen-bond acceptors (Lipinski definition) is 1. The fourth-order valence-corrected chi connectivity index (χ4v) is 4.27. The second-order valence-corrected chi connectivity index (χ2v) is 8.43. The van der Waals surface area contributed by atoms with Crippen molar-refractivity contribution in [1.82, 2.24) is 10.2 Å². The second-order valence-electron chi connectivity index (χ2n) is 8.43. The van der Waals surface area contributed by atoms with Gasteiger partial charge in [-0.2, -0.15) is 0 Å². The largest absolute Gasteiger partial charge is 0.337 e. The minimum absolute atomic E-state index is 0.117. The maximum absolute atomic E-state index is 12.6. The second kappa shape index (κ2) is 7.75. The third-order valence-corrected chi connectivity index (χ3v) is 6.36. The molecule has 1 heterocycles. The van der Waals surface area contributed by atoms with Crippen LogP contribution in [0.15, 0.2) is 54.6 Å². The summed E-state index contributed by atoms with van der Waals surface area (Å²) in [6.07, 6.45) is 5.69. The topological polar surface area (TPSA) is 32.3 Å². The predicted octanol–water partition coefficient (Wildman–Crippen LogP) is 4.69. The van der Waals surface area contributed by atoms with Crippen LogP contribution in [0, 0.1) is 12.8 Å². The molecule has 2 fully saturated rings. The lowest BCUT2D eigenvalue weighted by molar-refractivity contribution is 0.169. The van der Waals surface area contributed by atoms with Crippen LogP contribution < -0.4 is 5.32 Å². The molecule has 2 aliphatic rings. The first kappa shape index (κ1) is 18.1. The van der Waals surface area contributed by atoms with Crippen LogP contribution in [0.2, 0.25) is 0 Å². The van der Waals surface area contributed by atoms with Gasteiger partial charge < -0.3 is 10.2 Å². The number of hydrogen-bond donors (Lipinski definition) is 1. The number of piperidine rings is 1. The van der Waals surface area contributed by atoms with E-state index in [0.717, 1.165) is 38.9 Å². The van der Waals surface area contributed by atoms with Gasteiger partial charge in [-0.3, -0.25) is 0 Å². The molecule has 0 radical (unpaired) electrons. The molecular formula is C24H30N2O. The van der Waals surface area contributed by atoms with Crippen LogP contribution in [-0.4, -0.2) is 30.6 Å². The third-order valence-electron chi connectivity index (χ3n) is 6.36. The Kier molecular flexibility index (Phi) is 5.20. The quantitative estimate of drug-likeness (QED) is 0.822. The number of nitrogens with one attached hydrogen (secondary N) is 1. The zero-order valence-corrected chi connectivity index (χ0v) is 16.3. The molecule has 0 aromatic heterocycles. The highest BCUT2D eigenvalue weighted by atomic mass is 16.2. The molecule has 2 aromatic carbocycles. The molecule has 2 amide bonds. The normalized spacial score (nSPS) is 18.9. The van der Waals surface area contributed by atoms with Crippen molar-refractivity contribution in [2.45, 2.75) is 44.4 Å². The van der Waals surface area contributed by atoms with Gasteiger partial charge in [-0.15, -0.1) is 0 Å². The Balaban J connectivity index is 1.25. The molecule has 3 heteroatoms. The Morgan fingerprint density at radius 2 is 1.70 bits per heavy atom. The van der Waals surface area contributed by atoms with Gasteiger partial charge in [0.25, 0.3) is 0 Å². The van der Waals surface area contributed by atoms with Gasteiger partial charge in [-0.1, -0.05) is 60.2 Å². The zero-order valence-electron chi connectivity index (χ0n) is 16.3. The number of aryl methyl sites for hydroxylation is 1. The Labute approximate surface area is 162 Å². The Hall–Kier alpha value is -2.29. The van der Waals surface area contributed by atoms with Gasteiger partial charge in [0.1, 0.15) is 0 Å². The van der Waals surface area contributed by atoms with Crippen molar-refractivity contribution in [3.8, 4) is 0 Å². The van der Waals surface area contributed by atoms with E-state index >= 15 is 0 Å². The number of benzene rings is 2. The molecule has 1 aliphatic carbocycles. The Morgan fingerprint density at radius 3 is 2.33 bits per heavy atom. The van der Waals surface area contributed by atoms with Crippen LogP contribution in [0.25, 0.3) is 0 Å². The molecule has 2 aromatic rings. The smallest absolute Gasteiger partial charge is 0.317 e. The van der Waals surface area contributed by atoms with Gasteiger partial charge in [0.15, 0.2) is 0 Å². The van der Waals surface area contributed by atoms with Crippen LogP contribution >= 0.6 is 0 Å². The average Bonchev–Trinajstić information content (AvgIpc) is 3.49. The van der Waals surface area contributed by atoms with Crippen LogP contribution in [-0.2, 0) is 11.8 Å². The van der Waals surface area contributed by atoms with Crippen molar-refractivity contribution in [2.24, 2.45) is 5.92 Å². The monoisotopic (exact) mass is 362 g/mol. The van der Waals surface area contributed by atoms with E-state index in [9.17, 15) is 4.79 Å². The summed E-state index contributed by atoms with van der Waals surface area (Å²) in [6, 6.07) is 19.6. The summed E-state index contributed by atoms with van der Waals surface area (Å²) < 4.78 is 0. The molecule has 0 unspecified atom stereocenters. The summed E-state index contributed by atoms with van der Waals surface area (Å²) in [4.78, 5) is 14.6. The minimum Gasteiger partial charge on any atom is -0.337 e. The molecule has 27 heavy (non-hydrogen) atoms. The number of urea groups is 1. The van der Waals surface area contributed by atoms with E-state index in [1.165, 1.54) is 29.5 Å². The molecule has 0 bridgehead atoms. The Morgan fingerprint density at radius 1 is 1.04 bits per heavy atom. The molecule has 3 nitrogen and oxygen atoms in total. The lowest BCUT2D eigenvalue weighted by Crippen LogP contribution is -2.46. The summed E-state index contributed by atoms with van der Waals surface area (Å²) in [6.45, 7) is 4.63. The summed E-state index contributed by atoms with van der Waals surface area (Å²) in [7, 11) is 0. The molecule has 1 aliphatic heterocycles. The molecule has 1 N–H and O–H groups in total. The fraction of sp³-hybridized carbons (Fsp3) is 0.458. The van der Waals surface area contributed by atoms with E-state index in [-0.39, 0.29) is 11.4 Å². The number of rotatable bonds is 5. The number of carbonyl (C=O) groups excluding carboxylic acids is 1. The van der Waals surface area contributed by atoms with Crippen molar-refractivity contribution >= 4 is 6.03 Å². The van der Waals surface area contributed by atoms with Crippen molar-refractivity contribution in [3.05, 3.63) is 71.3 Å². The molecule has 4 rings (SSSR count). The SMILES string of the molecule is Cc1ccc(C2(CNC(=O)N3CCC(Cc4ccccc4)CC3)CC2)cc1. The molecule has 0 atom stereocenters. The maximum Gasteiger partial charge on any atom is 0.317 e. The van der Waals surface area contributed by atoms with Crippen LogP contribution in [0.3, 0.4) is 0 Å². The maximum atomic E-state index is 12.6. The van der Waals surface area contributed by atoms with E-state index in [1.54, 1.807) is 0 Å². The Bertz CT molecular complexity index is 757. The van der Waals surface area contributed by atoms with Gasteiger partial charge in [-0.05, 0) is 56.1 Å². The van der Waals surface area contributed by atoms with Crippen LogP contribution in [0.1, 0.15) is 42.4 Å². The summed E-state index contributed by atoms with van der Waals surface area (Å²) in [5.41, 5.74) is 4.25. The van der Waals surface area contributed by atoms with E-state index < -0.39 is 0 Å². The average molecular weight is 363 g/mol. The predicted molar refractivity (Wildman–Crippen MR) is 110 cm³/mol. The first-order chi connectivity index (χ1) is 13.1. The van der Waals surface area contributed by atoms with Crippen molar-refractivity contribution < 1.29 is 4.79 Å². The number of carbonyl (C=O) groups is 1. The van der Waals surface area contributed by atoms with Crippen molar-refractivity contribution in [2.75, 3.05) is 19.6 Å². The molecule has 1 saturated heterocycles. The minimum atomic E-state index is 0.117. The number of amides is 2. The van der Waals surface area contributed by atoms with Crippen molar-refractivity contribution in [3.63, 3.8) is 0 Å². The first-order valence-electron chi connectivity index (χ1n) is 10.3. The highest BCUT2D eigenvalue weighted by Crippen LogP contribution is 2.47. The number of likely N-dealkylation sites (tertiary alicyclic amines) is 1.